The van der Waals surface area contributed by atoms with Gasteiger partial charge >= 0.3 is 0 Å². The van der Waals surface area contributed by atoms with E-state index in [1.165, 1.54) is 0 Å². The molecule has 0 aliphatic carbocycles. The van der Waals surface area contributed by atoms with Crippen LogP contribution in [-0.2, 0) is 6.42 Å². The van der Waals surface area contributed by atoms with Crippen LogP contribution >= 0.6 is 35.3 Å². The van der Waals surface area contributed by atoms with Crippen molar-refractivity contribution in [3.05, 3.63) is 35.3 Å². The number of halogens is 1. The van der Waals surface area contributed by atoms with Crippen LogP contribution in [0.15, 0.2) is 34.8 Å². The molecule has 0 bridgehead atoms. The SMILES string of the molecule is COc1cccc(CCN=C(N)N2CCN(c3nccs3)CC2)c1O.I. The van der Waals surface area contributed by atoms with Crippen LogP contribution in [0.2, 0.25) is 0 Å². The quantitative estimate of drug-likeness (QED) is 0.381. The number of nitrogens with zero attached hydrogens (tertiary/aromatic N) is 4. The van der Waals surface area contributed by atoms with E-state index in [-0.39, 0.29) is 29.7 Å². The molecule has 3 rings (SSSR count). The van der Waals surface area contributed by atoms with Crippen LogP contribution in [0, 0.1) is 0 Å². The van der Waals surface area contributed by atoms with Gasteiger partial charge in [0.1, 0.15) is 0 Å². The van der Waals surface area contributed by atoms with E-state index < -0.39 is 0 Å². The van der Waals surface area contributed by atoms with Crippen LogP contribution < -0.4 is 15.4 Å². The van der Waals surface area contributed by atoms with Gasteiger partial charge in [-0.1, -0.05) is 12.1 Å². The lowest BCUT2D eigenvalue weighted by molar-refractivity contribution is 0.370. The first-order chi connectivity index (χ1) is 12.2. The Morgan fingerprint density at radius 3 is 2.77 bits per heavy atom. The van der Waals surface area contributed by atoms with Gasteiger partial charge in [0.05, 0.1) is 7.11 Å². The van der Waals surface area contributed by atoms with Crippen molar-refractivity contribution in [1.29, 1.82) is 0 Å². The highest BCUT2D eigenvalue weighted by Gasteiger charge is 2.19. The summed E-state index contributed by atoms with van der Waals surface area (Å²) in [6.45, 7) is 3.97. The molecule has 9 heteroatoms. The van der Waals surface area contributed by atoms with Gasteiger partial charge in [-0.25, -0.2) is 4.98 Å². The van der Waals surface area contributed by atoms with Gasteiger partial charge < -0.3 is 25.4 Å². The first-order valence-corrected chi connectivity index (χ1v) is 9.11. The summed E-state index contributed by atoms with van der Waals surface area (Å²) in [7, 11) is 1.54. The third-order valence-electron chi connectivity index (χ3n) is 4.25. The first kappa shape index (κ1) is 20.6. The highest BCUT2D eigenvalue weighted by atomic mass is 127. The molecule has 2 heterocycles. The summed E-state index contributed by atoms with van der Waals surface area (Å²) in [6, 6.07) is 5.47. The molecular weight excluding hydrogens is 465 g/mol. The number of phenols is 1. The number of ether oxygens (including phenoxy) is 1. The van der Waals surface area contributed by atoms with Crippen molar-refractivity contribution in [3.8, 4) is 11.5 Å². The number of guanidine groups is 1. The average Bonchev–Trinajstić information content (AvgIpc) is 3.18. The average molecular weight is 489 g/mol. The summed E-state index contributed by atoms with van der Waals surface area (Å²) in [4.78, 5) is 13.2. The number of anilines is 1. The fourth-order valence-electron chi connectivity index (χ4n) is 2.82. The predicted molar refractivity (Wildman–Crippen MR) is 116 cm³/mol. The van der Waals surface area contributed by atoms with Crippen molar-refractivity contribution in [2.45, 2.75) is 6.42 Å². The topological polar surface area (TPSA) is 87.2 Å². The standard InChI is InChI=1S/C17H23N5O2S.HI/c1-24-14-4-2-3-13(15(14)23)5-6-19-16(18)21-8-10-22(11-9-21)17-20-7-12-25-17;/h2-4,7,12,23H,5-6,8-11H2,1H3,(H2,18,19);1H. The minimum absolute atomic E-state index is 0. The van der Waals surface area contributed by atoms with Gasteiger partial charge in [0.25, 0.3) is 0 Å². The largest absolute Gasteiger partial charge is 0.504 e. The second-order valence-corrected chi connectivity index (χ2v) is 6.62. The van der Waals surface area contributed by atoms with E-state index in [2.05, 4.69) is 19.8 Å². The van der Waals surface area contributed by atoms with Crippen LogP contribution in [0.5, 0.6) is 11.5 Å². The van der Waals surface area contributed by atoms with Crippen molar-refractivity contribution < 1.29 is 9.84 Å². The van der Waals surface area contributed by atoms with E-state index in [0.29, 0.717) is 24.7 Å². The van der Waals surface area contributed by atoms with Crippen LogP contribution in [0.25, 0.3) is 0 Å². The molecule has 2 aromatic rings. The van der Waals surface area contributed by atoms with Crippen molar-refractivity contribution in [2.75, 3.05) is 44.7 Å². The number of hydrogen-bond donors (Lipinski definition) is 2. The molecule has 1 aromatic heterocycles. The second kappa shape index (κ2) is 9.81. The second-order valence-electron chi connectivity index (χ2n) is 5.75. The van der Waals surface area contributed by atoms with Crippen LogP contribution in [-0.4, -0.2) is 60.8 Å². The normalized spacial score (nSPS) is 14.9. The number of aromatic hydroxyl groups is 1. The maximum atomic E-state index is 10.1. The monoisotopic (exact) mass is 489 g/mol. The fourth-order valence-corrected chi connectivity index (χ4v) is 3.52. The Hall–Kier alpha value is -1.75. The highest BCUT2D eigenvalue weighted by molar-refractivity contribution is 14.0. The third-order valence-corrected chi connectivity index (χ3v) is 5.08. The zero-order chi connectivity index (χ0) is 17.6. The summed E-state index contributed by atoms with van der Waals surface area (Å²) in [5.74, 6) is 1.21. The Morgan fingerprint density at radius 1 is 1.35 bits per heavy atom. The summed E-state index contributed by atoms with van der Waals surface area (Å²) < 4.78 is 5.12. The molecule has 1 aromatic carbocycles. The number of thiazole rings is 1. The number of rotatable bonds is 5. The molecule has 0 atom stereocenters. The Morgan fingerprint density at radius 2 is 2.12 bits per heavy atom. The number of para-hydroxylation sites is 1. The highest BCUT2D eigenvalue weighted by Crippen LogP contribution is 2.29. The molecule has 7 nitrogen and oxygen atoms in total. The fraction of sp³-hybridized carbons (Fsp3) is 0.412. The van der Waals surface area contributed by atoms with Gasteiger partial charge in [0.2, 0.25) is 0 Å². The van der Waals surface area contributed by atoms with E-state index in [0.717, 1.165) is 36.9 Å². The Labute approximate surface area is 174 Å². The molecule has 0 amide bonds. The molecule has 0 radical (unpaired) electrons. The van der Waals surface area contributed by atoms with Crippen molar-refractivity contribution in [1.82, 2.24) is 9.88 Å². The first-order valence-electron chi connectivity index (χ1n) is 8.23. The lowest BCUT2D eigenvalue weighted by Crippen LogP contribution is -2.51. The minimum atomic E-state index is 0. The van der Waals surface area contributed by atoms with E-state index in [1.54, 1.807) is 24.5 Å². The van der Waals surface area contributed by atoms with Gasteiger partial charge in [-0.2, -0.15) is 0 Å². The van der Waals surface area contributed by atoms with Crippen LogP contribution in [0.3, 0.4) is 0 Å². The molecule has 1 aliphatic heterocycles. The molecule has 1 saturated heterocycles. The number of benzene rings is 1. The number of aliphatic imine (C=N–C) groups is 1. The Bertz CT molecular complexity index is 718. The number of phenolic OH excluding ortho intramolecular Hbond substituents is 1. The van der Waals surface area contributed by atoms with Crippen LogP contribution in [0.1, 0.15) is 5.56 Å². The Kier molecular flexibility index (Phi) is 7.76. The maximum absolute atomic E-state index is 10.1. The molecule has 1 aliphatic rings. The molecule has 26 heavy (non-hydrogen) atoms. The number of hydrogen-bond acceptors (Lipinski definition) is 6. The molecule has 0 saturated carbocycles. The number of aromatic nitrogens is 1. The smallest absolute Gasteiger partial charge is 0.191 e. The summed E-state index contributed by atoms with van der Waals surface area (Å²) >= 11 is 1.66. The molecule has 0 unspecified atom stereocenters. The lowest BCUT2D eigenvalue weighted by Gasteiger charge is -2.35. The molecule has 0 spiro atoms. The van der Waals surface area contributed by atoms with E-state index in [4.69, 9.17) is 10.5 Å². The predicted octanol–water partition coefficient (Wildman–Crippen LogP) is 2.15. The van der Waals surface area contributed by atoms with Crippen molar-refractivity contribution in [2.24, 2.45) is 10.7 Å². The van der Waals surface area contributed by atoms with Gasteiger partial charge in [0.15, 0.2) is 22.6 Å². The van der Waals surface area contributed by atoms with E-state index >= 15 is 0 Å². The van der Waals surface area contributed by atoms with Gasteiger partial charge in [0, 0.05) is 44.3 Å². The number of nitrogens with two attached hydrogens (primary N) is 1. The molecule has 1 fully saturated rings. The van der Waals surface area contributed by atoms with Crippen molar-refractivity contribution >= 4 is 46.4 Å². The maximum Gasteiger partial charge on any atom is 0.191 e. The minimum Gasteiger partial charge on any atom is -0.504 e. The Balaban J connectivity index is 0.00000243. The third kappa shape index (κ3) is 4.91. The van der Waals surface area contributed by atoms with E-state index in [1.807, 2.05) is 23.7 Å². The lowest BCUT2D eigenvalue weighted by atomic mass is 10.1. The van der Waals surface area contributed by atoms with Gasteiger partial charge in [-0.3, -0.25) is 4.99 Å². The molecule has 142 valence electrons. The molecule has 3 N–H and O–H groups in total. The summed E-state index contributed by atoms with van der Waals surface area (Å²) in [6.07, 6.45) is 2.44. The summed E-state index contributed by atoms with van der Waals surface area (Å²) in [5, 5.41) is 13.1. The summed E-state index contributed by atoms with van der Waals surface area (Å²) in [5.41, 5.74) is 6.94. The van der Waals surface area contributed by atoms with Gasteiger partial charge in [-0.05, 0) is 18.1 Å². The zero-order valence-corrected chi connectivity index (χ0v) is 17.8. The zero-order valence-electron chi connectivity index (χ0n) is 14.7. The van der Waals surface area contributed by atoms with E-state index in [9.17, 15) is 5.11 Å². The van der Waals surface area contributed by atoms with Crippen LogP contribution in [0.4, 0.5) is 5.13 Å². The van der Waals surface area contributed by atoms with Gasteiger partial charge in [-0.15, -0.1) is 35.3 Å². The number of methoxy groups -OCH3 is 1. The van der Waals surface area contributed by atoms with Crippen molar-refractivity contribution in [3.63, 3.8) is 0 Å². The number of piperazine rings is 1. The molecular formula is C17H24IN5O2S.